The van der Waals surface area contributed by atoms with Gasteiger partial charge in [0.1, 0.15) is 5.82 Å². The normalized spacial score (nSPS) is 16.4. The molecule has 1 aromatic heterocycles. The van der Waals surface area contributed by atoms with Gasteiger partial charge in [0, 0.05) is 21.5 Å². The number of amidine groups is 1. The van der Waals surface area contributed by atoms with E-state index >= 15 is 0 Å². The molecule has 1 N–H and O–H groups in total. The third-order valence-electron chi connectivity index (χ3n) is 4.70. The molecule has 0 spiro atoms. The Morgan fingerprint density at radius 3 is 2.61 bits per heavy atom. The summed E-state index contributed by atoms with van der Waals surface area (Å²) >= 11 is 16.7. The largest absolute Gasteiger partial charge is 0.318 e. The monoisotopic (exact) mass is 537 g/mol. The highest BCUT2D eigenvalue weighted by Crippen LogP contribution is 2.32. The molecule has 1 saturated heterocycles. The summed E-state index contributed by atoms with van der Waals surface area (Å²) < 4.78 is 16.3. The van der Waals surface area contributed by atoms with E-state index in [1.807, 2.05) is 30.6 Å². The molecular weight excluding hydrogens is 524 g/mol. The Labute approximate surface area is 201 Å². The molecule has 0 aliphatic carbocycles. The van der Waals surface area contributed by atoms with Gasteiger partial charge in [-0.15, -0.1) is 0 Å². The molecule has 1 fully saturated rings. The highest BCUT2D eigenvalue weighted by atomic mass is 79.9. The Kier molecular flexibility index (Phi) is 6.30. The minimum atomic E-state index is -0.465. The van der Waals surface area contributed by atoms with Crippen LogP contribution < -0.4 is 5.32 Å². The third-order valence-corrected chi connectivity index (χ3v) is 7.13. The van der Waals surface area contributed by atoms with E-state index in [4.69, 9.17) is 23.2 Å². The van der Waals surface area contributed by atoms with Crippen LogP contribution in [0.25, 0.3) is 11.8 Å². The molecule has 3 aromatic rings. The van der Waals surface area contributed by atoms with Crippen molar-refractivity contribution < 1.29 is 9.18 Å². The van der Waals surface area contributed by atoms with Gasteiger partial charge in [-0.2, -0.15) is 0 Å². The lowest BCUT2D eigenvalue weighted by molar-refractivity contribution is -0.115. The number of thioether (sulfide) groups is 1. The Morgan fingerprint density at radius 1 is 1.13 bits per heavy atom. The van der Waals surface area contributed by atoms with Crippen molar-refractivity contribution in [3.8, 4) is 5.69 Å². The number of benzene rings is 2. The van der Waals surface area contributed by atoms with Crippen molar-refractivity contribution in [2.75, 3.05) is 0 Å². The molecule has 4 rings (SSSR count). The molecule has 31 heavy (non-hydrogen) atoms. The third kappa shape index (κ3) is 4.60. The van der Waals surface area contributed by atoms with Crippen LogP contribution in [0.15, 0.2) is 56.8 Å². The van der Waals surface area contributed by atoms with Gasteiger partial charge in [-0.1, -0.05) is 23.2 Å². The summed E-state index contributed by atoms with van der Waals surface area (Å²) in [6, 6.07) is 11.9. The van der Waals surface area contributed by atoms with Crippen LogP contribution in [0.1, 0.15) is 17.0 Å². The predicted molar refractivity (Wildman–Crippen MR) is 130 cm³/mol. The molecule has 158 valence electrons. The number of carbonyl (C=O) groups is 1. The van der Waals surface area contributed by atoms with Crippen molar-refractivity contribution in [3.05, 3.63) is 84.7 Å². The second-order valence-corrected chi connectivity index (χ2v) is 9.54. The van der Waals surface area contributed by atoms with Crippen molar-refractivity contribution in [1.29, 1.82) is 0 Å². The van der Waals surface area contributed by atoms with Gasteiger partial charge >= 0.3 is 0 Å². The summed E-state index contributed by atoms with van der Waals surface area (Å²) in [5, 5.41) is 3.86. The van der Waals surface area contributed by atoms with E-state index in [0.29, 0.717) is 20.8 Å². The number of hydrogen-bond donors (Lipinski definition) is 1. The summed E-state index contributed by atoms with van der Waals surface area (Å²) in [5.41, 5.74) is 4.12. The van der Waals surface area contributed by atoms with Gasteiger partial charge in [0.15, 0.2) is 5.17 Å². The minimum absolute atomic E-state index is 0.0597. The number of rotatable bonds is 3. The molecule has 0 saturated carbocycles. The summed E-state index contributed by atoms with van der Waals surface area (Å²) in [6.07, 6.45) is 1.82. The van der Waals surface area contributed by atoms with E-state index in [1.54, 1.807) is 30.3 Å². The van der Waals surface area contributed by atoms with Crippen LogP contribution in [0, 0.1) is 19.7 Å². The standard InChI is InChI=1S/C22H15BrCl2FN3OS/c1-11-7-13(12(2)29(11)15-4-6-19(26)18(25)10-15)8-20-21(30)28-22(31-20)27-14-3-5-16(23)17(24)9-14/h3-10H,1-2H3,(H,27,28,30)/b20-8-. The van der Waals surface area contributed by atoms with Crippen LogP contribution in [0.2, 0.25) is 10.0 Å². The molecule has 1 amide bonds. The van der Waals surface area contributed by atoms with E-state index in [0.717, 1.165) is 27.1 Å². The van der Waals surface area contributed by atoms with Crippen LogP contribution in [0.3, 0.4) is 0 Å². The molecule has 4 nitrogen and oxygen atoms in total. The Morgan fingerprint density at radius 2 is 1.90 bits per heavy atom. The summed E-state index contributed by atoms with van der Waals surface area (Å²) in [5.74, 6) is -0.685. The molecule has 0 radical (unpaired) electrons. The number of nitrogens with one attached hydrogen (secondary N) is 1. The average molecular weight is 539 g/mol. The van der Waals surface area contributed by atoms with E-state index in [1.165, 1.54) is 17.8 Å². The molecule has 0 atom stereocenters. The zero-order valence-corrected chi connectivity index (χ0v) is 20.3. The van der Waals surface area contributed by atoms with Crippen molar-refractivity contribution in [3.63, 3.8) is 0 Å². The smallest absolute Gasteiger partial charge is 0.264 e. The van der Waals surface area contributed by atoms with Crippen molar-refractivity contribution in [1.82, 2.24) is 9.88 Å². The average Bonchev–Trinajstić information content (AvgIpc) is 3.19. The molecule has 2 heterocycles. The maximum Gasteiger partial charge on any atom is 0.264 e. The highest BCUT2D eigenvalue weighted by molar-refractivity contribution is 9.10. The first-order chi connectivity index (χ1) is 14.7. The number of aliphatic imine (C=N–C) groups is 1. The fraction of sp³-hybridized carbons (Fsp3) is 0.0909. The van der Waals surface area contributed by atoms with Crippen LogP contribution in [0.5, 0.6) is 0 Å². The van der Waals surface area contributed by atoms with E-state index in [-0.39, 0.29) is 10.9 Å². The number of amides is 1. The lowest BCUT2D eigenvalue weighted by Gasteiger charge is -2.10. The first-order valence-corrected chi connectivity index (χ1v) is 11.5. The van der Waals surface area contributed by atoms with Crippen LogP contribution in [0.4, 0.5) is 10.1 Å². The maximum absolute atomic E-state index is 13.6. The Bertz CT molecular complexity index is 1290. The lowest BCUT2D eigenvalue weighted by atomic mass is 10.2. The number of aryl methyl sites for hydroxylation is 1. The van der Waals surface area contributed by atoms with Gasteiger partial charge in [-0.05, 0) is 95.6 Å². The Hall–Kier alpha value is -2.06. The molecule has 2 aromatic carbocycles. The first kappa shape index (κ1) is 22.1. The summed E-state index contributed by atoms with van der Waals surface area (Å²) in [7, 11) is 0. The second kappa shape index (κ2) is 8.82. The second-order valence-electron chi connectivity index (χ2n) is 6.84. The number of carbonyl (C=O) groups excluding carboxylic acids is 1. The van der Waals surface area contributed by atoms with E-state index in [9.17, 15) is 9.18 Å². The molecular formula is C22H15BrCl2FN3OS. The van der Waals surface area contributed by atoms with Crippen molar-refractivity contribution >= 4 is 73.7 Å². The fourth-order valence-electron chi connectivity index (χ4n) is 3.25. The van der Waals surface area contributed by atoms with Gasteiger partial charge < -0.3 is 9.88 Å². The number of halogens is 4. The van der Waals surface area contributed by atoms with Crippen LogP contribution >= 0.6 is 50.9 Å². The topological polar surface area (TPSA) is 46.4 Å². The summed E-state index contributed by atoms with van der Waals surface area (Å²) in [6.45, 7) is 3.88. The van der Waals surface area contributed by atoms with Crippen LogP contribution in [-0.2, 0) is 4.79 Å². The molecule has 0 unspecified atom stereocenters. The molecule has 0 bridgehead atoms. The van der Waals surface area contributed by atoms with Gasteiger partial charge in [-0.25, -0.2) is 9.38 Å². The first-order valence-electron chi connectivity index (χ1n) is 9.12. The van der Waals surface area contributed by atoms with Gasteiger partial charge in [-0.3, -0.25) is 4.79 Å². The highest BCUT2D eigenvalue weighted by Gasteiger charge is 2.24. The van der Waals surface area contributed by atoms with Crippen LogP contribution in [-0.4, -0.2) is 15.6 Å². The lowest BCUT2D eigenvalue weighted by Crippen LogP contribution is -2.19. The Balaban J connectivity index is 1.64. The van der Waals surface area contributed by atoms with Gasteiger partial charge in [0.05, 0.1) is 20.6 Å². The minimum Gasteiger partial charge on any atom is -0.318 e. The SMILES string of the molecule is Cc1cc(/C=C2\SC(=Nc3ccc(Br)c(Cl)c3)NC2=O)c(C)n1-c1ccc(F)c(Cl)c1. The fourth-order valence-corrected chi connectivity index (χ4v) is 4.68. The zero-order valence-electron chi connectivity index (χ0n) is 16.3. The maximum atomic E-state index is 13.6. The molecule has 9 heteroatoms. The van der Waals surface area contributed by atoms with Gasteiger partial charge in [0.25, 0.3) is 5.91 Å². The number of aromatic nitrogens is 1. The molecule has 1 aliphatic rings. The molecule has 1 aliphatic heterocycles. The summed E-state index contributed by atoms with van der Waals surface area (Å²) in [4.78, 5) is 17.5. The van der Waals surface area contributed by atoms with E-state index < -0.39 is 5.82 Å². The quantitative estimate of drug-likeness (QED) is 0.358. The zero-order chi connectivity index (χ0) is 22.3. The van der Waals surface area contributed by atoms with Crippen molar-refractivity contribution in [2.45, 2.75) is 13.8 Å². The van der Waals surface area contributed by atoms with Gasteiger partial charge in [0.2, 0.25) is 0 Å². The number of hydrogen-bond acceptors (Lipinski definition) is 3. The number of nitrogens with zero attached hydrogens (tertiary/aromatic N) is 2. The predicted octanol–water partition coefficient (Wildman–Crippen LogP) is 7.19. The van der Waals surface area contributed by atoms with E-state index in [2.05, 4.69) is 26.2 Å². The van der Waals surface area contributed by atoms with Crippen molar-refractivity contribution in [2.24, 2.45) is 4.99 Å².